The highest BCUT2D eigenvalue weighted by Crippen LogP contribution is 2.23. The Labute approximate surface area is 146 Å². The van der Waals surface area contributed by atoms with Crippen LogP contribution in [-0.4, -0.2) is 15.3 Å². The predicted molar refractivity (Wildman–Crippen MR) is 94.7 cm³/mol. The van der Waals surface area contributed by atoms with Gasteiger partial charge in [0.1, 0.15) is 11.3 Å². The Kier molecular flexibility index (Phi) is 3.91. The van der Waals surface area contributed by atoms with E-state index in [1.54, 1.807) is 12.1 Å². The fourth-order valence-corrected chi connectivity index (χ4v) is 3.39. The summed E-state index contributed by atoms with van der Waals surface area (Å²) in [6.07, 6.45) is 2.85. The van der Waals surface area contributed by atoms with Crippen LogP contribution in [0.25, 0.3) is 16.2 Å². The first-order valence-electron chi connectivity index (χ1n) is 7.59. The van der Waals surface area contributed by atoms with Crippen molar-refractivity contribution < 1.29 is 9.21 Å². The van der Waals surface area contributed by atoms with Crippen LogP contribution < -0.4 is 10.9 Å². The molecule has 1 amide bonds. The van der Waals surface area contributed by atoms with Crippen LogP contribution in [0.2, 0.25) is 0 Å². The van der Waals surface area contributed by atoms with Crippen molar-refractivity contribution in [2.45, 2.75) is 6.54 Å². The second-order valence-electron chi connectivity index (χ2n) is 5.34. The Bertz CT molecular complexity index is 1080. The van der Waals surface area contributed by atoms with Gasteiger partial charge in [0.2, 0.25) is 0 Å². The summed E-state index contributed by atoms with van der Waals surface area (Å²) >= 11 is 1.36. The third kappa shape index (κ3) is 2.85. The van der Waals surface area contributed by atoms with Gasteiger partial charge >= 0.3 is 0 Å². The molecular weight excluding hydrogens is 338 g/mol. The SMILES string of the molecule is O=C(NCc1ccco1)c1cnc2scc(-c3ccccc3)n2c1=O. The van der Waals surface area contributed by atoms with E-state index in [2.05, 4.69) is 10.3 Å². The second kappa shape index (κ2) is 6.37. The van der Waals surface area contributed by atoms with Crippen molar-refractivity contribution in [1.82, 2.24) is 14.7 Å². The minimum Gasteiger partial charge on any atom is -0.467 e. The number of aromatic nitrogens is 2. The summed E-state index contributed by atoms with van der Waals surface area (Å²) in [7, 11) is 0. The first-order valence-corrected chi connectivity index (χ1v) is 8.47. The number of fused-ring (bicyclic) bond motifs is 1. The van der Waals surface area contributed by atoms with Crippen molar-refractivity contribution in [3.63, 3.8) is 0 Å². The molecule has 0 saturated heterocycles. The van der Waals surface area contributed by atoms with Crippen LogP contribution in [0.1, 0.15) is 16.1 Å². The zero-order valence-electron chi connectivity index (χ0n) is 13.0. The molecule has 4 aromatic rings. The summed E-state index contributed by atoms with van der Waals surface area (Å²) < 4.78 is 6.65. The maximum atomic E-state index is 12.8. The molecule has 124 valence electrons. The Hall–Kier alpha value is -3.19. The smallest absolute Gasteiger partial charge is 0.271 e. The molecule has 1 N–H and O–H groups in total. The van der Waals surface area contributed by atoms with E-state index in [1.165, 1.54) is 28.2 Å². The number of rotatable bonds is 4. The summed E-state index contributed by atoms with van der Waals surface area (Å²) in [6.45, 7) is 0.211. The Morgan fingerprint density at radius 3 is 2.80 bits per heavy atom. The number of carbonyl (C=O) groups is 1. The molecule has 0 unspecified atom stereocenters. The van der Waals surface area contributed by atoms with Crippen LogP contribution in [0.5, 0.6) is 0 Å². The van der Waals surface area contributed by atoms with E-state index in [-0.39, 0.29) is 17.7 Å². The molecule has 0 radical (unpaired) electrons. The van der Waals surface area contributed by atoms with Gasteiger partial charge in [0.15, 0.2) is 4.96 Å². The number of thiazole rings is 1. The van der Waals surface area contributed by atoms with E-state index in [0.717, 1.165) is 11.3 Å². The number of nitrogens with one attached hydrogen (secondary N) is 1. The maximum absolute atomic E-state index is 12.8. The van der Waals surface area contributed by atoms with Crippen molar-refractivity contribution >= 4 is 22.2 Å². The third-order valence-electron chi connectivity index (χ3n) is 3.76. The molecule has 6 nitrogen and oxygen atoms in total. The lowest BCUT2D eigenvalue weighted by atomic mass is 10.2. The molecule has 7 heteroatoms. The highest BCUT2D eigenvalue weighted by Gasteiger charge is 2.17. The molecular formula is C18H13N3O3S. The van der Waals surface area contributed by atoms with Gasteiger partial charge in [0.05, 0.1) is 18.5 Å². The van der Waals surface area contributed by atoms with Crippen LogP contribution in [-0.2, 0) is 6.54 Å². The van der Waals surface area contributed by atoms with E-state index < -0.39 is 5.91 Å². The molecule has 0 aliphatic rings. The molecule has 0 atom stereocenters. The summed E-state index contributed by atoms with van der Waals surface area (Å²) in [5.41, 5.74) is 1.23. The van der Waals surface area contributed by atoms with Crippen LogP contribution >= 0.6 is 11.3 Å². The number of hydrogen-bond acceptors (Lipinski definition) is 5. The standard InChI is InChI=1S/C18H13N3O3S/c22-16(19-9-13-7-4-8-24-13)14-10-20-18-21(17(14)23)15(11-25-18)12-5-2-1-3-6-12/h1-8,10-11H,9H2,(H,19,22). The molecule has 25 heavy (non-hydrogen) atoms. The number of furan rings is 1. The van der Waals surface area contributed by atoms with Crippen LogP contribution in [0.3, 0.4) is 0 Å². The molecule has 0 saturated carbocycles. The highest BCUT2D eigenvalue weighted by atomic mass is 32.1. The van der Waals surface area contributed by atoms with Gasteiger partial charge in [-0.3, -0.25) is 14.0 Å². The maximum Gasteiger partial charge on any atom is 0.271 e. The normalized spacial score (nSPS) is 10.9. The molecule has 0 spiro atoms. The lowest BCUT2D eigenvalue weighted by Gasteiger charge is -2.05. The predicted octanol–water partition coefficient (Wildman–Crippen LogP) is 2.95. The average Bonchev–Trinajstić information content (AvgIpc) is 3.31. The van der Waals surface area contributed by atoms with E-state index in [1.807, 2.05) is 35.7 Å². The van der Waals surface area contributed by atoms with Crippen molar-refractivity contribution in [2.75, 3.05) is 0 Å². The monoisotopic (exact) mass is 351 g/mol. The Morgan fingerprint density at radius 2 is 2.04 bits per heavy atom. The van der Waals surface area contributed by atoms with E-state index in [9.17, 15) is 9.59 Å². The summed E-state index contributed by atoms with van der Waals surface area (Å²) in [5, 5.41) is 4.54. The van der Waals surface area contributed by atoms with Crippen molar-refractivity contribution in [2.24, 2.45) is 0 Å². The van der Waals surface area contributed by atoms with Gasteiger partial charge in [0.25, 0.3) is 11.5 Å². The number of hydrogen-bond donors (Lipinski definition) is 1. The highest BCUT2D eigenvalue weighted by molar-refractivity contribution is 7.15. The molecule has 0 aliphatic heterocycles. The molecule has 0 fully saturated rings. The molecule has 3 heterocycles. The minimum absolute atomic E-state index is 0.000336. The second-order valence-corrected chi connectivity index (χ2v) is 6.18. The van der Waals surface area contributed by atoms with Crippen LogP contribution in [0.4, 0.5) is 0 Å². The zero-order chi connectivity index (χ0) is 17.2. The number of benzene rings is 1. The first kappa shape index (κ1) is 15.3. The van der Waals surface area contributed by atoms with Crippen molar-refractivity contribution in [3.05, 3.63) is 82.0 Å². The fourth-order valence-electron chi connectivity index (χ4n) is 2.53. The molecule has 4 rings (SSSR count). The number of nitrogens with zero attached hydrogens (tertiary/aromatic N) is 2. The number of amides is 1. The lowest BCUT2D eigenvalue weighted by molar-refractivity contribution is 0.0946. The average molecular weight is 351 g/mol. The zero-order valence-corrected chi connectivity index (χ0v) is 13.8. The van der Waals surface area contributed by atoms with Crippen molar-refractivity contribution in [3.8, 4) is 11.3 Å². The minimum atomic E-state index is -0.478. The largest absolute Gasteiger partial charge is 0.467 e. The molecule has 3 aromatic heterocycles. The van der Waals surface area contributed by atoms with Gasteiger partial charge in [-0.25, -0.2) is 4.98 Å². The number of carbonyl (C=O) groups excluding carboxylic acids is 1. The van der Waals surface area contributed by atoms with E-state index >= 15 is 0 Å². The van der Waals surface area contributed by atoms with Gasteiger partial charge in [-0.15, -0.1) is 11.3 Å². The van der Waals surface area contributed by atoms with Gasteiger partial charge < -0.3 is 9.73 Å². The molecule has 0 aliphatic carbocycles. The first-order chi connectivity index (χ1) is 12.2. The van der Waals surface area contributed by atoms with Crippen LogP contribution in [0.15, 0.2) is 69.5 Å². The Balaban J connectivity index is 1.72. The van der Waals surface area contributed by atoms with Crippen LogP contribution in [0, 0.1) is 0 Å². The topological polar surface area (TPSA) is 76.6 Å². The van der Waals surface area contributed by atoms with Gasteiger partial charge in [-0.2, -0.15) is 0 Å². The van der Waals surface area contributed by atoms with Gasteiger partial charge in [0, 0.05) is 11.6 Å². The van der Waals surface area contributed by atoms with Crippen molar-refractivity contribution in [1.29, 1.82) is 0 Å². The summed E-state index contributed by atoms with van der Waals surface area (Å²) in [6, 6.07) is 13.0. The van der Waals surface area contributed by atoms with Gasteiger partial charge in [-0.05, 0) is 17.7 Å². The summed E-state index contributed by atoms with van der Waals surface area (Å²) in [4.78, 5) is 30.0. The van der Waals surface area contributed by atoms with Gasteiger partial charge in [-0.1, -0.05) is 30.3 Å². The van der Waals surface area contributed by atoms with E-state index in [4.69, 9.17) is 4.42 Å². The Morgan fingerprint density at radius 1 is 1.20 bits per heavy atom. The third-order valence-corrected chi connectivity index (χ3v) is 4.60. The summed E-state index contributed by atoms with van der Waals surface area (Å²) in [5.74, 6) is 0.136. The van der Waals surface area contributed by atoms with E-state index in [0.29, 0.717) is 10.7 Å². The molecule has 0 bridgehead atoms. The fraction of sp³-hybridized carbons (Fsp3) is 0.0556. The quantitative estimate of drug-likeness (QED) is 0.613. The lowest BCUT2D eigenvalue weighted by Crippen LogP contribution is -2.31. The molecule has 1 aromatic carbocycles.